The van der Waals surface area contributed by atoms with Gasteiger partial charge in [-0.3, -0.25) is 9.89 Å². The second-order valence-electron chi connectivity index (χ2n) is 8.93. The summed E-state index contributed by atoms with van der Waals surface area (Å²) in [5.74, 6) is 2.36. The summed E-state index contributed by atoms with van der Waals surface area (Å²) in [5.41, 5.74) is 3.40. The number of aromatic nitrogens is 3. The Bertz CT molecular complexity index is 795. The van der Waals surface area contributed by atoms with Crippen molar-refractivity contribution in [2.24, 2.45) is 11.8 Å². The van der Waals surface area contributed by atoms with E-state index in [4.69, 9.17) is 4.98 Å². The molecule has 5 nitrogen and oxygen atoms in total. The molecule has 0 aromatic carbocycles. The van der Waals surface area contributed by atoms with Crippen molar-refractivity contribution in [1.82, 2.24) is 15.2 Å². The molecule has 2 fully saturated rings. The molecule has 0 atom stereocenters. The second-order valence-corrected chi connectivity index (χ2v) is 8.93. The lowest BCUT2D eigenvalue weighted by molar-refractivity contribution is 0.112. The van der Waals surface area contributed by atoms with Gasteiger partial charge < -0.3 is 4.90 Å². The number of aldehydes is 1. The number of pyridine rings is 1. The number of carbonyl (C=O) groups is 1. The summed E-state index contributed by atoms with van der Waals surface area (Å²) in [4.78, 5) is 19.4. The molecule has 0 unspecified atom stereocenters. The second kappa shape index (κ2) is 5.82. The lowest BCUT2D eigenvalue weighted by Gasteiger charge is -2.29. The molecule has 0 radical (unpaired) electrons. The zero-order chi connectivity index (χ0) is 17.8. The quantitative estimate of drug-likeness (QED) is 0.807. The Morgan fingerprint density at radius 2 is 1.76 bits per heavy atom. The molecule has 2 aromatic heterocycles. The number of aromatic amines is 1. The molecule has 134 valence electrons. The summed E-state index contributed by atoms with van der Waals surface area (Å²) in [6.45, 7) is 10.5. The maximum atomic E-state index is 12.2. The van der Waals surface area contributed by atoms with E-state index < -0.39 is 0 Å². The van der Waals surface area contributed by atoms with Crippen LogP contribution in [0.2, 0.25) is 0 Å². The van der Waals surface area contributed by atoms with Gasteiger partial charge in [-0.25, -0.2) is 4.98 Å². The molecule has 0 saturated heterocycles. The number of nitrogens with one attached hydrogen (secondary N) is 1. The third kappa shape index (κ3) is 3.16. The zero-order valence-corrected chi connectivity index (χ0v) is 15.7. The number of hydrogen-bond acceptors (Lipinski definition) is 4. The van der Waals surface area contributed by atoms with E-state index in [9.17, 15) is 4.79 Å². The van der Waals surface area contributed by atoms with E-state index in [0.29, 0.717) is 0 Å². The first-order valence-corrected chi connectivity index (χ1v) is 9.47. The van der Waals surface area contributed by atoms with E-state index in [-0.39, 0.29) is 5.41 Å². The molecule has 0 spiro atoms. The van der Waals surface area contributed by atoms with Crippen molar-refractivity contribution in [1.29, 1.82) is 0 Å². The molecule has 2 heterocycles. The molecule has 2 aromatic rings. The maximum absolute atomic E-state index is 12.2. The molecular weight excluding hydrogens is 312 g/mol. The molecule has 2 aliphatic rings. The Balaban J connectivity index is 1.90. The summed E-state index contributed by atoms with van der Waals surface area (Å²) in [5, 5.41) is 8.50. The largest absolute Gasteiger partial charge is 0.355 e. The predicted octanol–water partition coefficient (Wildman–Crippen LogP) is 4.00. The molecule has 2 aliphatic carbocycles. The number of nitrogens with zero attached hydrogens (tertiary/aromatic N) is 3. The smallest absolute Gasteiger partial charge is 0.183 e. The van der Waals surface area contributed by atoms with Crippen LogP contribution in [0.5, 0.6) is 0 Å². The van der Waals surface area contributed by atoms with Gasteiger partial charge in [0.05, 0.1) is 5.56 Å². The van der Waals surface area contributed by atoms with Crippen LogP contribution in [0.25, 0.3) is 11.0 Å². The van der Waals surface area contributed by atoms with Crippen molar-refractivity contribution >= 4 is 23.1 Å². The minimum atomic E-state index is -0.147. The molecular formula is C20H28N4O. The topological polar surface area (TPSA) is 61.9 Å². The van der Waals surface area contributed by atoms with Crippen molar-refractivity contribution in [3.63, 3.8) is 0 Å². The van der Waals surface area contributed by atoms with Crippen LogP contribution in [-0.4, -0.2) is 34.6 Å². The van der Waals surface area contributed by atoms with Crippen LogP contribution in [-0.2, 0) is 5.41 Å². The Kier molecular flexibility index (Phi) is 3.85. The third-order valence-corrected chi connectivity index (χ3v) is 5.42. The van der Waals surface area contributed by atoms with E-state index >= 15 is 0 Å². The summed E-state index contributed by atoms with van der Waals surface area (Å²) in [6, 6.07) is 0. The normalized spacial score (nSPS) is 17.9. The van der Waals surface area contributed by atoms with Gasteiger partial charge in [-0.2, -0.15) is 5.10 Å². The van der Waals surface area contributed by atoms with E-state index in [1.807, 2.05) is 6.92 Å². The van der Waals surface area contributed by atoms with Crippen LogP contribution < -0.4 is 4.90 Å². The van der Waals surface area contributed by atoms with Crippen molar-refractivity contribution in [2.45, 2.75) is 58.8 Å². The standard InChI is InChI=1S/C20H28N4O/c1-12-16-17(20(2,3)4)15(11-25)19(21-18(16)23-22-12)24(9-13-5-6-13)10-14-7-8-14/h11,13-14H,5-10H2,1-4H3,(H,21,22,23). The van der Waals surface area contributed by atoms with E-state index in [0.717, 1.165) is 64.9 Å². The number of carbonyl (C=O) groups excluding carboxylic acids is 1. The molecule has 1 N–H and O–H groups in total. The van der Waals surface area contributed by atoms with Crippen molar-refractivity contribution in [2.75, 3.05) is 18.0 Å². The van der Waals surface area contributed by atoms with Gasteiger partial charge in [-0.15, -0.1) is 0 Å². The first kappa shape index (κ1) is 16.6. The summed E-state index contributed by atoms with van der Waals surface area (Å²) in [7, 11) is 0. The Morgan fingerprint density at radius 1 is 1.16 bits per heavy atom. The zero-order valence-electron chi connectivity index (χ0n) is 15.7. The van der Waals surface area contributed by atoms with Gasteiger partial charge in [-0.1, -0.05) is 20.8 Å². The average Bonchev–Trinajstić information content (AvgIpc) is 3.47. The lowest BCUT2D eigenvalue weighted by Crippen LogP contribution is -2.31. The van der Waals surface area contributed by atoms with Crippen molar-refractivity contribution in [3.8, 4) is 0 Å². The fourth-order valence-corrected chi connectivity index (χ4v) is 3.81. The van der Waals surface area contributed by atoms with Crippen LogP contribution in [0.3, 0.4) is 0 Å². The molecule has 5 heteroatoms. The van der Waals surface area contributed by atoms with Crippen LogP contribution >= 0.6 is 0 Å². The number of H-pyrrole nitrogens is 1. The monoisotopic (exact) mass is 340 g/mol. The highest BCUT2D eigenvalue weighted by Gasteiger charge is 2.34. The summed E-state index contributed by atoms with van der Waals surface area (Å²) in [6.07, 6.45) is 6.21. The fourth-order valence-electron chi connectivity index (χ4n) is 3.81. The molecule has 0 aliphatic heterocycles. The van der Waals surface area contributed by atoms with Gasteiger partial charge in [0, 0.05) is 24.2 Å². The molecule has 25 heavy (non-hydrogen) atoms. The van der Waals surface area contributed by atoms with E-state index in [1.54, 1.807) is 0 Å². The third-order valence-electron chi connectivity index (χ3n) is 5.42. The highest BCUT2D eigenvalue weighted by atomic mass is 16.1. The Morgan fingerprint density at radius 3 is 2.24 bits per heavy atom. The van der Waals surface area contributed by atoms with Gasteiger partial charge in [0.15, 0.2) is 11.9 Å². The maximum Gasteiger partial charge on any atom is 0.183 e. The minimum absolute atomic E-state index is 0.147. The average molecular weight is 340 g/mol. The molecule has 2 saturated carbocycles. The predicted molar refractivity (Wildman–Crippen MR) is 100 cm³/mol. The minimum Gasteiger partial charge on any atom is -0.355 e. The number of anilines is 1. The van der Waals surface area contributed by atoms with Gasteiger partial charge >= 0.3 is 0 Å². The van der Waals surface area contributed by atoms with Crippen molar-refractivity contribution < 1.29 is 4.79 Å². The molecule has 0 bridgehead atoms. The van der Waals surface area contributed by atoms with Gasteiger partial charge in [0.25, 0.3) is 0 Å². The van der Waals surface area contributed by atoms with Crippen LogP contribution in [0.1, 0.15) is 68.1 Å². The van der Waals surface area contributed by atoms with Crippen LogP contribution in [0, 0.1) is 18.8 Å². The Labute approximate surface area is 149 Å². The lowest BCUT2D eigenvalue weighted by atomic mass is 9.82. The number of aryl methyl sites for hydroxylation is 1. The van der Waals surface area contributed by atoms with Crippen LogP contribution in [0.4, 0.5) is 5.82 Å². The highest BCUT2D eigenvalue weighted by Crippen LogP contribution is 2.40. The van der Waals surface area contributed by atoms with Gasteiger partial charge in [0.2, 0.25) is 0 Å². The summed E-state index contributed by atoms with van der Waals surface area (Å²) < 4.78 is 0. The first-order chi connectivity index (χ1) is 11.9. The molecule has 0 amide bonds. The number of fused-ring (bicyclic) bond motifs is 1. The first-order valence-electron chi connectivity index (χ1n) is 9.47. The van der Waals surface area contributed by atoms with Crippen molar-refractivity contribution in [3.05, 3.63) is 16.8 Å². The molecule has 4 rings (SSSR count). The highest BCUT2D eigenvalue weighted by molar-refractivity contribution is 5.96. The number of rotatable bonds is 6. The summed E-state index contributed by atoms with van der Waals surface area (Å²) >= 11 is 0. The SMILES string of the molecule is Cc1[nH]nc2nc(N(CC3CC3)CC3CC3)c(C=O)c(C(C)(C)C)c12. The van der Waals surface area contributed by atoms with Crippen LogP contribution in [0.15, 0.2) is 0 Å². The Hall–Kier alpha value is -1.91. The van der Waals surface area contributed by atoms with Gasteiger partial charge in [-0.05, 0) is 55.4 Å². The fraction of sp³-hybridized carbons (Fsp3) is 0.650. The van der Waals surface area contributed by atoms with Gasteiger partial charge in [0.1, 0.15) is 5.82 Å². The van der Waals surface area contributed by atoms with E-state index in [2.05, 4.69) is 35.9 Å². The van der Waals surface area contributed by atoms with E-state index in [1.165, 1.54) is 25.7 Å². The number of hydrogen-bond donors (Lipinski definition) is 1.